The monoisotopic (exact) mass is 377 g/mol. The molecular weight excluding hydrogens is 362 g/mol. The number of hydrogen-bond acceptors (Lipinski definition) is 6. The molecule has 0 spiro atoms. The molecule has 0 aliphatic heterocycles. The van der Waals surface area contributed by atoms with Crippen LogP contribution in [0.1, 0.15) is 16.8 Å². The highest BCUT2D eigenvalue weighted by molar-refractivity contribution is 7.15. The maximum atomic E-state index is 12.7. The number of ether oxygens (including phenoxy) is 1. The van der Waals surface area contributed by atoms with E-state index in [1.807, 2.05) is 54.6 Å². The molecule has 0 N–H and O–H groups in total. The van der Waals surface area contributed by atoms with Gasteiger partial charge in [0.25, 0.3) is 11.1 Å². The molecule has 134 valence electrons. The molecule has 0 bridgehead atoms. The Morgan fingerprint density at radius 1 is 1.07 bits per heavy atom. The predicted octanol–water partition coefficient (Wildman–Crippen LogP) is 1.66. The van der Waals surface area contributed by atoms with Crippen LogP contribution in [0.5, 0.6) is 5.75 Å². The molecule has 27 heavy (non-hydrogen) atoms. The van der Waals surface area contributed by atoms with Crippen LogP contribution in [0.25, 0.3) is 11.0 Å². The van der Waals surface area contributed by atoms with Crippen molar-refractivity contribution in [3.05, 3.63) is 96.7 Å². The molecule has 0 amide bonds. The number of thiazole rings is 1. The van der Waals surface area contributed by atoms with E-state index in [2.05, 4.69) is 10.1 Å². The lowest BCUT2D eigenvalue weighted by molar-refractivity contribution is 0.415. The van der Waals surface area contributed by atoms with Gasteiger partial charge in [0.1, 0.15) is 11.4 Å². The summed E-state index contributed by atoms with van der Waals surface area (Å²) in [5.74, 6) is 0.741. The Bertz CT molecular complexity index is 1260. The summed E-state index contributed by atoms with van der Waals surface area (Å²) in [5.41, 5.74) is 1.36. The Morgan fingerprint density at radius 3 is 2.52 bits per heavy atom. The number of fused-ring (bicyclic) bond motifs is 1. The highest BCUT2D eigenvalue weighted by Gasteiger charge is 2.11. The molecular formula is C20H15N3O3S. The van der Waals surface area contributed by atoms with E-state index in [1.54, 1.807) is 13.2 Å². The molecule has 4 aromatic rings. The van der Waals surface area contributed by atoms with Crippen LogP contribution in [-0.4, -0.2) is 21.7 Å². The van der Waals surface area contributed by atoms with E-state index in [0.717, 1.165) is 28.2 Å². The summed E-state index contributed by atoms with van der Waals surface area (Å²) in [6.45, 7) is 0. The molecule has 4 rings (SSSR count). The molecule has 2 heterocycles. The molecule has 0 atom stereocenters. The van der Waals surface area contributed by atoms with Gasteiger partial charge in [-0.15, -0.1) is 0 Å². The summed E-state index contributed by atoms with van der Waals surface area (Å²) in [4.78, 5) is 29.3. The molecule has 6 nitrogen and oxygen atoms in total. The van der Waals surface area contributed by atoms with Crippen molar-refractivity contribution in [3.8, 4) is 5.75 Å². The second-order valence-electron chi connectivity index (χ2n) is 5.91. The van der Waals surface area contributed by atoms with Gasteiger partial charge in [-0.2, -0.15) is 14.6 Å². The summed E-state index contributed by atoms with van der Waals surface area (Å²) in [7, 11) is 1.60. The van der Waals surface area contributed by atoms with Gasteiger partial charge in [-0.05, 0) is 29.3 Å². The van der Waals surface area contributed by atoms with Crippen molar-refractivity contribution in [2.24, 2.45) is 0 Å². The van der Waals surface area contributed by atoms with Gasteiger partial charge in [-0.3, -0.25) is 9.59 Å². The fourth-order valence-corrected chi connectivity index (χ4v) is 3.60. The zero-order valence-electron chi connectivity index (χ0n) is 14.5. The molecule has 2 aromatic heterocycles. The maximum absolute atomic E-state index is 12.7. The first-order valence-corrected chi connectivity index (χ1v) is 9.08. The Hall–Kier alpha value is -3.32. The van der Waals surface area contributed by atoms with Crippen LogP contribution >= 0.6 is 11.3 Å². The molecule has 7 heteroatoms. The van der Waals surface area contributed by atoms with Crippen LogP contribution in [0, 0.1) is 0 Å². The topological polar surface area (TPSA) is 73.6 Å². The fraction of sp³-hybridized carbons (Fsp3) is 0.100. The minimum absolute atomic E-state index is 0.254. The average molecular weight is 377 g/mol. The fourth-order valence-electron chi connectivity index (χ4n) is 2.69. The lowest BCUT2D eigenvalue weighted by atomic mass is 10.1. The van der Waals surface area contributed by atoms with Crippen LogP contribution in [0.2, 0.25) is 0 Å². The third-order valence-corrected chi connectivity index (χ3v) is 5.04. The molecule has 0 radical (unpaired) electrons. The van der Waals surface area contributed by atoms with Gasteiger partial charge < -0.3 is 4.74 Å². The minimum atomic E-state index is -0.406. The van der Waals surface area contributed by atoms with E-state index in [9.17, 15) is 9.59 Å². The van der Waals surface area contributed by atoms with Crippen molar-refractivity contribution >= 4 is 22.4 Å². The number of aromatic nitrogens is 3. The molecule has 0 fully saturated rings. The Balaban J connectivity index is 1.78. The number of rotatable bonds is 4. The molecule has 0 unspecified atom stereocenters. The van der Waals surface area contributed by atoms with Gasteiger partial charge in [-0.1, -0.05) is 53.8 Å². The van der Waals surface area contributed by atoms with Gasteiger partial charge in [0.05, 0.1) is 11.6 Å². The van der Waals surface area contributed by atoms with E-state index in [-0.39, 0.29) is 11.3 Å². The first kappa shape index (κ1) is 17.1. The molecule has 0 saturated heterocycles. The normalized spacial score (nSPS) is 11.8. The van der Waals surface area contributed by atoms with E-state index in [0.29, 0.717) is 15.9 Å². The van der Waals surface area contributed by atoms with Gasteiger partial charge >= 0.3 is 0 Å². The summed E-state index contributed by atoms with van der Waals surface area (Å²) >= 11 is 1.15. The summed E-state index contributed by atoms with van der Waals surface area (Å²) in [6.07, 6.45) is 2.09. The van der Waals surface area contributed by atoms with Crippen LogP contribution < -0.4 is 20.4 Å². The third kappa shape index (κ3) is 3.50. The van der Waals surface area contributed by atoms with Gasteiger partial charge in [-0.25, -0.2) is 0 Å². The van der Waals surface area contributed by atoms with E-state index in [1.165, 1.54) is 4.52 Å². The molecule has 0 saturated carbocycles. The lowest BCUT2D eigenvalue weighted by Gasteiger charge is -1.99. The van der Waals surface area contributed by atoms with Crippen LogP contribution in [0.3, 0.4) is 0 Å². The van der Waals surface area contributed by atoms with Crippen molar-refractivity contribution < 1.29 is 4.74 Å². The minimum Gasteiger partial charge on any atom is -0.497 e. The zero-order valence-corrected chi connectivity index (χ0v) is 15.3. The molecule has 0 aliphatic carbocycles. The highest BCUT2D eigenvalue weighted by Crippen LogP contribution is 2.11. The highest BCUT2D eigenvalue weighted by atomic mass is 32.1. The number of nitrogens with zero attached hydrogens (tertiary/aromatic N) is 3. The first-order chi connectivity index (χ1) is 13.1. The maximum Gasteiger partial charge on any atom is 0.296 e. The predicted molar refractivity (Wildman–Crippen MR) is 104 cm³/mol. The quantitative estimate of drug-likeness (QED) is 0.541. The number of methoxy groups -OCH3 is 1. The smallest absolute Gasteiger partial charge is 0.296 e. The number of hydrogen-bond donors (Lipinski definition) is 0. The Morgan fingerprint density at radius 2 is 1.81 bits per heavy atom. The van der Waals surface area contributed by atoms with E-state index >= 15 is 0 Å². The average Bonchev–Trinajstić information content (AvgIpc) is 2.98. The third-order valence-electron chi connectivity index (χ3n) is 4.08. The lowest BCUT2D eigenvalue weighted by Crippen LogP contribution is -2.28. The van der Waals surface area contributed by atoms with Crippen LogP contribution in [-0.2, 0) is 6.42 Å². The first-order valence-electron chi connectivity index (χ1n) is 8.26. The van der Waals surface area contributed by atoms with Crippen molar-refractivity contribution in [1.29, 1.82) is 0 Å². The SMILES string of the molecule is COc1ccc(/C=c2/sc3nc(=O)c(Cc4ccccc4)nn3c2=O)cc1. The van der Waals surface area contributed by atoms with E-state index in [4.69, 9.17) is 4.74 Å². The largest absolute Gasteiger partial charge is 0.497 e. The van der Waals surface area contributed by atoms with Crippen molar-refractivity contribution in [3.63, 3.8) is 0 Å². The van der Waals surface area contributed by atoms with Gasteiger partial charge in [0, 0.05) is 6.42 Å². The second kappa shape index (κ2) is 7.13. The van der Waals surface area contributed by atoms with Gasteiger partial charge in [0.2, 0.25) is 4.96 Å². The van der Waals surface area contributed by atoms with Crippen molar-refractivity contribution in [1.82, 2.24) is 14.6 Å². The van der Waals surface area contributed by atoms with Crippen LogP contribution in [0.15, 0.2) is 64.2 Å². The van der Waals surface area contributed by atoms with Crippen molar-refractivity contribution in [2.45, 2.75) is 6.42 Å². The van der Waals surface area contributed by atoms with Gasteiger partial charge in [0.15, 0.2) is 0 Å². The zero-order chi connectivity index (χ0) is 18.8. The van der Waals surface area contributed by atoms with Crippen molar-refractivity contribution in [2.75, 3.05) is 7.11 Å². The van der Waals surface area contributed by atoms with Crippen LogP contribution in [0.4, 0.5) is 0 Å². The summed E-state index contributed by atoms with van der Waals surface area (Å²) in [5, 5.41) is 4.26. The molecule has 0 aliphatic rings. The summed E-state index contributed by atoms with van der Waals surface area (Å²) in [6, 6.07) is 16.9. The molecule has 2 aromatic carbocycles. The standard InChI is InChI=1S/C20H15N3O3S/c1-26-15-9-7-14(8-10-15)12-17-19(25)23-20(27-17)21-18(24)16(22-23)11-13-5-3-2-4-6-13/h2-10,12H,11H2,1H3/b17-12+. The Kier molecular flexibility index (Phi) is 4.52. The second-order valence-corrected chi connectivity index (χ2v) is 6.92. The van der Waals surface area contributed by atoms with E-state index < -0.39 is 5.56 Å². The Labute approximate surface area is 158 Å². The number of benzene rings is 2. The summed E-state index contributed by atoms with van der Waals surface area (Å²) < 4.78 is 6.81.